The lowest BCUT2D eigenvalue weighted by atomic mass is 9.95. The Morgan fingerprint density at radius 1 is 1.50 bits per heavy atom. The molecule has 0 saturated carbocycles. The molecule has 1 amide bonds. The summed E-state index contributed by atoms with van der Waals surface area (Å²) in [6.45, 7) is 6.14. The molecule has 0 rings (SSSR count). The number of carbonyl (C=O) groups is 1. The highest BCUT2D eigenvalue weighted by atomic mass is 16.2. The van der Waals surface area contributed by atoms with E-state index in [0.29, 0.717) is 13.0 Å². The summed E-state index contributed by atoms with van der Waals surface area (Å²) < 4.78 is 0. The van der Waals surface area contributed by atoms with E-state index >= 15 is 0 Å². The van der Waals surface area contributed by atoms with Gasteiger partial charge in [-0.1, -0.05) is 20.8 Å². The van der Waals surface area contributed by atoms with Crippen LogP contribution >= 0.6 is 0 Å². The molecule has 3 nitrogen and oxygen atoms in total. The summed E-state index contributed by atoms with van der Waals surface area (Å²) in [4.78, 5) is 13.1. The van der Waals surface area contributed by atoms with E-state index < -0.39 is 0 Å². The number of nitrogens with zero attached hydrogens (tertiary/aromatic N) is 2. The first-order chi connectivity index (χ1) is 5.39. The average Bonchev–Trinajstić information content (AvgIpc) is 1.97. The van der Waals surface area contributed by atoms with E-state index in [4.69, 9.17) is 5.26 Å². The van der Waals surface area contributed by atoms with Gasteiger partial charge in [-0.3, -0.25) is 4.79 Å². The second-order valence-corrected chi connectivity index (χ2v) is 3.88. The van der Waals surface area contributed by atoms with Gasteiger partial charge in [0.15, 0.2) is 0 Å². The molecule has 0 aromatic heterocycles. The Kier molecular flexibility index (Phi) is 3.75. The van der Waals surface area contributed by atoms with Crippen molar-refractivity contribution >= 4 is 5.91 Å². The minimum Gasteiger partial charge on any atom is -0.344 e. The monoisotopic (exact) mass is 168 g/mol. The summed E-state index contributed by atoms with van der Waals surface area (Å²) in [6.07, 6.45) is 0.401. The largest absolute Gasteiger partial charge is 0.344 e. The lowest BCUT2D eigenvalue weighted by Crippen LogP contribution is -2.37. The SMILES string of the molecule is CN(CCC#N)C(=O)C(C)(C)C. The Balaban J connectivity index is 4.04. The summed E-state index contributed by atoms with van der Waals surface area (Å²) in [6, 6.07) is 2.01. The van der Waals surface area contributed by atoms with Gasteiger partial charge < -0.3 is 4.90 Å². The molecule has 12 heavy (non-hydrogen) atoms. The van der Waals surface area contributed by atoms with Gasteiger partial charge in [0.05, 0.1) is 12.5 Å². The van der Waals surface area contributed by atoms with Crippen molar-refractivity contribution in [2.45, 2.75) is 27.2 Å². The second-order valence-electron chi connectivity index (χ2n) is 3.88. The number of hydrogen-bond acceptors (Lipinski definition) is 2. The van der Waals surface area contributed by atoms with E-state index in [-0.39, 0.29) is 11.3 Å². The van der Waals surface area contributed by atoms with Crippen LogP contribution in [-0.4, -0.2) is 24.4 Å². The molecule has 0 unspecified atom stereocenters. The molecule has 0 aliphatic rings. The van der Waals surface area contributed by atoms with Crippen LogP contribution in [0.5, 0.6) is 0 Å². The minimum atomic E-state index is -0.343. The van der Waals surface area contributed by atoms with Gasteiger partial charge in [-0.05, 0) is 0 Å². The van der Waals surface area contributed by atoms with E-state index in [1.54, 1.807) is 11.9 Å². The third kappa shape index (κ3) is 3.38. The van der Waals surface area contributed by atoms with Crippen molar-refractivity contribution < 1.29 is 4.79 Å². The normalized spacial score (nSPS) is 10.6. The first-order valence-corrected chi connectivity index (χ1v) is 4.02. The first-order valence-electron chi connectivity index (χ1n) is 4.02. The van der Waals surface area contributed by atoms with Crippen LogP contribution in [0.2, 0.25) is 0 Å². The molecule has 68 valence electrons. The van der Waals surface area contributed by atoms with Crippen LogP contribution in [0.25, 0.3) is 0 Å². The maximum absolute atomic E-state index is 11.5. The lowest BCUT2D eigenvalue weighted by Gasteiger charge is -2.24. The van der Waals surface area contributed by atoms with Gasteiger partial charge in [0.1, 0.15) is 0 Å². The number of rotatable bonds is 2. The van der Waals surface area contributed by atoms with Gasteiger partial charge in [0.2, 0.25) is 5.91 Å². The predicted octanol–water partition coefficient (Wildman–Crippen LogP) is 1.40. The summed E-state index contributed by atoms with van der Waals surface area (Å²) in [5.74, 6) is 0.0813. The van der Waals surface area contributed by atoms with Gasteiger partial charge in [-0.2, -0.15) is 5.26 Å². The molecule has 0 spiro atoms. The maximum Gasteiger partial charge on any atom is 0.227 e. The molecule has 0 aromatic rings. The zero-order valence-electron chi connectivity index (χ0n) is 8.22. The third-order valence-electron chi connectivity index (χ3n) is 1.55. The molecule has 0 aliphatic heterocycles. The van der Waals surface area contributed by atoms with E-state index in [9.17, 15) is 4.79 Å². The van der Waals surface area contributed by atoms with Crippen molar-refractivity contribution in [2.24, 2.45) is 5.41 Å². The fourth-order valence-electron chi connectivity index (χ4n) is 0.892. The standard InChI is InChI=1S/C9H16N2O/c1-9(2,3)8(12)11(4)7-5-6-10/h5,7H2,1-4H3. The van der Waals surface area contributed by atoms with Gasteiger partial charge in [0, 0.05) is 19.0 Å². The number of nitriles is 1. The zero-order chi connectivity index (χ0) is 9.78. The summed E-state index contributed by atoms with van der Waals surface area (Å²) >= 11 is 0. The van der Waals surface area contributed by atoms with Crippen molar-refractivity contribution in [2.75, 3.05) is 13.6 Å². The smallest absolute Gasteiger partial charge is 0.227 e. The number of amides is 1. The zero-order valence-corrected chi connectivity index (χ0v) is 8.22. The van der Waals surface area contributed by atoms with Gasteiger partial charge in [-0.15, -0.1) is 0 Å². The van der Waals surface area contributed by atoms with Crippen LogP contribution in [-0.2, 0) is 4.79 Å². The fraction of sp³-hybridized carbons (Fsp3) is 0.778. The molecule has 0 aliphatic carbocycles. The quantitative estimate of drug-likeness (QED) is 0.625. The molecule has 0 atom stereocenters. The summed E-state index contributed by atoms with van der Waals surface area (Å²) in [5.41, 5.74) is -0.343. The van der Waals surface area contributed by atoms with Gasteiger partial charge in [-0.25, -0.2) is 0 Å². The molecule has 0 aromatic carbocycles. The Morgan fingerprint density at radius 2 is 2.00 bits per heavy atom. The molecule has 0 bridgehead atoms. The van der Waals surface area contributed by atoms with Crippen LogP contribution in [0, 0.1) is 16.7 Å². The summed E-state index contributed by atoms with van der Waals surface area (Å²) in [7, 11) is 1.73. The Labute approximate surface area is 74.0 Å². The van der Waals surface area contributed by atoms with Crippen LogP contribution in [0.3, 0.4) is 0 Å². The molecule has 0 saturated heterocycles. The fourth-order valence-corrected chi connectivity index (χ4v) is 0.892. The van der Waals surface area contributed by atoms with E-state index in [1.807, 2.05) is 26.8 Å². The minimum absolute atomic E-state index is 0.0813. The van der Waals surface area contributed by atoms with Crippen LogP contribution in [0.15, 0.2) is 0 Å². The first kappa shape index (κ1) is 11.0. The van der Waals surface area contributed by atoms with Crippen molar-refractivity contribution in [1.82, 2.24) is 4.90 Å². The van der Waals surface area contributed by atoms with E-state index in [1.165, 1.54) is 0 Å². The van der Waals surface area contributed by atoms with Crippen LogP contribution < -0.4 is 0 Å². The summed E-state index contributed by atoms with van der Waals surface area (Å²) in [5, 5.41) is 8.31. The maximum atomic E-state index is 11.5. The predicted molar refractivity (Wildman–Crippen MR) is 47.3 cm³/mol. The highest BCUT2D eigenvalue weighted by molar-refractivity contribution is 5.81. The Hall–Kier alpha value is -1.04. The molecule has 0 fully saturated rings. The molecule has 0 N–H and O–H groups in total. The molecular weight excluding hydrogens is 152 g/mol. The highest BCUT2D eigenvalue weighted by Crippen LogP contribution is 2.16. The number of hydrogen-bond donors (Lipinski definition) is 0. The van der Waals surface area contributed by atoms with Crippen molar-refractivity contribution in [3.05, 3.63) is 0 Å². The van der Waals surface area contributed by atoms with Crippen molar-refractivity contribution in [1.29, 1.82) is 5.26 Å². The van der Waals surface area contributed by atoms with Gasteiger partial charge in [0.25, 0.3) is 0 Å². The van der Waals surface area contributed by atoms with Crippen molar-refractivity contribution in [3.63, 3.8) is 0 Å². The molecule has 3 heteroatoms. The average molecular weight is 168 g/mol. The topological polar surface area (TPSA) is 44.1 Å². The molecular formula is C9H16N2O. The second kappa shape index (κ2) is 4.10. The Morgan fingerprint density at radius 3 is 2.33 bits per heavy atom. The van der Waals surface area contributed by atoms with E-state index in [0.717, 1.165) is 0 Å². The van der Waals surface area contributed by atoms with Gasteiger partial charge >= 0.3 is 0 Å². The van der Waals surface area contributed by atoms with Crippen LogP contribution in [0.4, 0.5) is 0 Å². The van der Waals surface area contributed by atoms with Crippen molar-refractivity contribution in [3.8, 4) is 6.07 Å². The van der Waals surface area contributed by atoms with Crippen LogP contribution in [0.1, 0.15) is 27.2 Å². The molecule has 0 radical (unpaired) electrons. The lowest BCUT2D eigenvalue weighted by molar-refractivity contribution is -0.137. The third-order valence-corrected chi connectivity index (χ3v) is 1.55. The number of carbonyl (C=O) groups excluding carboxylic acids is 1. The molecule has 0 heterocycles. The van der Waals surface area contributed by atoms with E-state index in [2.05, 4.69) is 0 Å². The Bertz CT molecular complexity index is 198. The highest BCUT2D eigenvalue weighted by Gasteiger charge is 2.24.